The molecule has 33 heavy (non-hydrogen) atoms. The van der Waals surface area contributed by atoms with Gasteiger partial charge in [-0.05, 0) is 40.2 Å². The first-order valence-corrected chi connectivity index (χ1v) is 11.7. The lowest BCUT2D eigenvalue weighted by Gasteiger charge is -2.66. The Labute approximate surface area is 192 Å². The summed E-state index contributed by atoms with van der Waals surface area (Å²) in [5, 5.41) is 23.3. The number of esters is 1. The van der Waals surface area contributed by atoms with Gasteiger partial charge in [-0.15, -0.1) is 0 Å². The van der Waals surface area contributed by atoms with Crippen molar-refractivity contribution in [2.24, 2.45) is 28.1 Å². The van der Waals surface area contributed by atoms with Crippen molar-refractivity contribution in [1.29, 1.82) is 0 Å². The molecule has 8 nitrogen and oxygen atoms in total. The molecule has 180 valence electrons. The zero-order chi connectivity index (χ0) is 24.0. The number of ether oxygens (including phenoxy) is 3. The Morgan fingerprint density at radius 1 is 1.06 bits per heavy atom. The molecular formula is C25H32O8. The highest BCUT2D eigenvalue weighted by Crippen LogP contribution is 2.80. The third kappa shape index (κ3) is 2.06. The van der Waals surface area contributed by atoms with Crippen LogP contribution in [0.4, 0.5) is 0 Å². The van der Waals surface area contributed by atoms with E-state index in [4.69, 9.17) is 18.6 Å². The van der Waals surface area contributed by atoms with Crippen molar-refractivity contribution in [1.82, 2.24) is 0 Å². The number of carbonyl (C=O) groups is 2. The fraction of sp³-hybridized carbons (Fsp3) is 0.760. The van der Waals surface area contributed by atoms with E-state index >= 15 is 0 Å². The van der Waals surface area contributed by atoms with E-state index in [1.165, 1.54) is 12.5 Å². The molecule has 1 aromatic rings. The van der Waals surface area contributed by atoms with Crippen molar-refractivity contribution in [2.75, 3.05) is 0 Å². The van der Waals surface area contributed by atoms with Crippen LogP contribution in [0.15, 0.2) is 23.0 Å². The van der Waals surface area contributed by atoms with Gasteiger partial charge in [-0.1, -0.05) is 13.8 Å². The second-order valence-electron chi connectivity index (χ2n) is 12.1. The fourth-order valence-corrected chi connectivity index (χ4v) is 9.06. The second-order valence-corrected chi connectivity index (χ2v) is 12.1. The summed E-state index contributed by atoms with van der Waals surface area (Å²) in [4.78, 5) is 27.2. The minimum Gasteiger partial charge on any atom is -0.472 e. The average Bonchev–Trinajstić information content (AvgIpc) is 3.23. The number of hydrogen-bond acceptors (Lipinski definition) is 8. The van der Waals surface area contributed by atoms with Crippen LogP contribution in [0.25, 0.3) is 0 Å². The fourth-order valence-electron chi connectivity index (χ4n) is 9.06. The summed E-state index contributed by atoms with van der Waals surface area (Å²) in [5.74, 6) is -3.15. The number of aliphatic hydroxyl groups excluding tert-OH is 1. The molecule has 6 rings (SSSR count). The Morgan fingerprint density at radius 3 is 2.39 bits per heavy atom. The molecule has 0 unspecified atom stereocenters. The van der Waals surface area contributed by atoms with Crippen LogP contribution in [0.2, 0.25) is 0 Å². The topological polar surface area (TPSA) is 119 Å². The predicted octanol–water partition coefficient (Wildman–Crippen LogP) is 2.52. The normalized spacial score (nSPS) is 56.3. The molecule has 5 fully saturated rings. The molecule has 3 aliphatic heterocycles. The molecule has 0 amide bonds. The first-order chi connectivity index (χ1) is 15.2. The highest BCUT2D eigenvalue weighted by molar-refractivity contribution is 5.93. The molecule has 10 atom stereocenters. The summed E-state index contributed by atoms with van der Waals surface area (Å²) < 4.78 is 23.5. The van der Waals surface area contributed by atoms with E-state index in [1.807, 2.05) is 34.6 Å². The first-order valence-electron chi connectivity index (χ1n) is 11.7. The van der Waals surface area contributed by atoms with Crippen LogP contribution < -0.4 is 0 Å². The van der Waals surface area contributed by atoms with Gasteiger partial charge < -0.3 is 28.8 Å². The van der Waals surface area contributed by atoms with Crippen LogP contribution >= 0.6 is 0 Å². The van der Waals surface area contributed by atoms with Crippen LogP contribution in [0.5, 0.6) is 0 Å². The molecule has 4 heterocycles. The van der Waals surface area contributed by atoms with E-state index in [2.05, 4.69) is 0 Å². The van der Waals surface area contributed by atoms with Crippen LogP contribution in [0.1, 0.15) is 66.1 Å². The number of aliphatic hydroxyl groups is 2. The summed E-state index contributed by atoms with van der Waals surface area (Å²) in [6.07, 6.45) is 0.855. The molecule has 5 aliphatic rings. The summed E-state index contributed by atoms with van der Waals surface area (Å²) in [6.45, 7) is 11.0. The molecule has 1 aromatic heterocycles. The number of carbonyl (C=O) groups excluding carboxylic acids is 2. The Morgan fingerprint density at radius 2 is 1.76 bits per heavy atom. The van der Waals surface area contributed by atoms with Gasteiger partial charge in [-0.2, -0.15) is 0 Å². The SMILES string of the molecule is CC1(C)O[C@](C)(O)[C@@]2(C)[C@H]3[C@@H](O)C[C@@]4(C)[C@H](c5ccoc5)OC(=O)[C@H]5O[C@@]54[C@]3(C)C(=O)C[C@@H]12. The minimum absolute atomic E-state index is 0.0718. The highest BCUT2D eigenvalue weighted by atomic mass is 16.7. The zero-order valence-electron chi connectivity index (χ0n) is 19.9. The number of fused-ring (bicyclic) bond motifs is 3. The molecule has 1 spiro atoms. The zero-order valence-corrected chi connectivity index (χ0v) is 19.9. The number of rotatable bonds is 1. The maximum atomic E-state index is 14.1. The molecule has 2 saturated carbocycles. The quantitative estimate of drug-likeness (QED) is 0.485. The van der Waals surface area contributed by atoms with Gasteiger partial charge in [-0.3, -0.25) is 4.79 Å². The van der Waals surface area contributed by atoms with Crippen molar-refractivity contribution in [3.8, 4) is 0 Å². The summed E-state index contributed by atoms with van der Waals surface area (Å²) in [5.41, 5.74) is -4.31. The molecule has 0 aromatic carbocycles. The maximum absolute atomic E-state index is 14.1. The molecule has 3 saturated heterocycles. The van der Waals surface area contributed by atoms with Crippen LogP contribution in [0.3, 0.4) is 0 Å². The van der Waals surface area contributed by atoms with Gasteiger partial charge in [-0.25, -0.2) is 4.79 Å². The van der Waals surface area contributed by atoms with E-state index in [0.717, 1.165) is 0 Å². The lowest BCUT2D eigenvalue weighted by Crippen LogP contribution is -2.75. The standard InChI is InChI=1S/C25H32O8/c1-20(2)14-9-15(27)23(5)16(22(14,4)24(6,29)33-20)13(26)10-21(3)17(12-7-8-30-11-12)31-19(28)18-25(21,23)32-18/h7-8,11,13-14,16-18,26,29H,9-10H2,1-6H3/t13-,14-,16+,17-,18+,21-,22+,23+,24-,25-/m0/s1. The van der Waals surface area contributed by atoms with E-state index in [1.54, 1.807) is 13.0 Å². The van der Waals surface area contributed by atoms with E-state index in [9.17, 15) is 19.8 Å². The van der Waals surface area contributed by atoms with Gasteiger partial charge in [0.2, 0.25) is 0 Å². The van der Waals surface area contributed by atoms with Gasteiger partial charge in [0, 0.05) is 34.7 Å². The average molecular weight is 461 g/mol. The van der Waals surface area contributed by atoms with Crippen molar-refractivity contribution < 1.29 is 38.4 Å². The third-order valence-corrected chi connectivity index (χ3v) is 10.4. The lowest BCUT2D eigenvalue weighted by molar-refractivity contribution is -0.289. The first kappa shape index (κ1) is 21.8. The number of epoxide rings is 1. The van der Waals surface area contributed by atoms with Crippen LogP contribution in [-0.4, -0.2) is 51.2 Å². The Bertz CT molecular complexity index is 1060. The third-order valence-electron chi connectivity index (χ3n) is 10.4. The Balaban J connectivity index is 1.58. The van der Waals surface area contributed by atoms with E-state index < -0.39 is 63.4 Å². The number of furan rings is 1. The van der Waals surface area contributed by atoms with E-state index in [0.29, 0.717) is 5.56 Å². The van der Waals surface area contributed by atoms with Crippen LogP contribution in [0, 0.1) is 28.1 Å². The number of Topliss-reactive ketones (excluding diaryl/α,β-unsaturated/α-hetero) is 1. The van der Waals surface area contributed by atoms with Crippen molar-refractivity contribution >= 4 is 11.8 Å². The maximum Gasteiger partial charge on any atom is 0.339 e. The van der Waals surface area contributed by atoms with Gasteiger partial charge in [0.05, 0.1) is 29.6 Å². The molecular weight excluding hydrogens is 428 g/mol. The monoisotopic (exact) mass is 460 g/mol. The van der Waals surface area contributed by atoms with Gasteiger partial charge in [0.15, 0.2) is 11.9 Å². The molecule has 2 N–H and O–H groups in total. The summed E-state index contributed by atoms with van der Waals surface area (Å²) in [6, 6.07) is 1.73. The van der Waals surface area contributed by atoms with Crippen molar-refractivity contribution in [3.05, 3.63) is 24.2 Å². The predicted molar refractivity (Wildman–Crippen MR) is 112 cm³/mol. The Kier molecular flexibility index (Phi) is 3.78. The smallest absolute Gasteiger partial charge is 0.339 e. The van der Waals surface area contributed by atoms with Gasteiger partial charge >= 0.3 is 5.97 Å². The summed E-state index contributed by atoms with van der Waals surface area (Å²) >= 11 is 0. The van der Waals surface area contributed by atoms with E-state index in [-0.39, 0.29) is 24.5 Å². The summed E-state index contributed by atoms with van der Waals surface area (Å²) in [7, 11) is 0. The number of hydrogen-bond donors (Lipinski definition) is 2. The lowest BCUT2D eigenvalue weighted by atomic mass is 9.36. The van der Waals surface area contributed by atoms with Gasteiger partial charge in [0.25, 0.3) is 0 Å². The Hall–Kier alpha value is -1.74. The van der Waals surface area contributed by atoms with Crippen molar-refractivity contribution in [2.45, 2.75) is 89.7 Å². The number of cyclic esters (lactones) is 1. The minimum atomic E-state index is -1.58. The second kappa shape index (κ2) is 5.73. The van der Waals surface area contributed by atoms with Gasteiger partial charge in [0.1, 0.15) is 17.5 Å². The highest BCUT2D eigenvalue weighted by Gasteiger charge is 2.91. The molecule has 2 aliphatic carbocycles. The molecule has 0 bridgehead atoms. The number of ketones is 1. The molecule has 8 heteroatoms. The van der Waals surface area contributed by atoms with Crippen LogP contribution in [-0.2, 0) is 23.8 Å². The van der Waals surface area contributed by atoms with Crippen molar-refractivity contribution in [3.63, 3.8) is 0 Å². The molecule has 0 radical (unpaired) electrons. The largest absolute Gasteiger partial charge is 0.472 e.